The standard InChI is InChI=1S/C12H11F4NO4/c13-6-9(11(19)20)17-10(18)5-7-2-1-3-8(4-7)21-12(14,15)16/h1-4,9H,5-6H2,(H,17,18)(H,19,20). The molecule has 0 radical (unpaired) electrons. The van der Waals surface area contributed by atoms with Gasteiger partial charge in [0.15, 0.2) is 6.04 Å². The molecular weight excluding hydrogens is 298 g/mol. The number of amides is 1. The molecule has 0 heterocycles. The summed E-state index contributed by atoms with van der Waals surface area (Å²) in [5.74, 6) is -2.88. The van der Waals surface area contributed by atoms with E-state index in [2.05, 4.69) is 4.74 Å². The van der Waals surface area contributed by atoms with Crippen LogP contribution in [0.2, 0.25) is 0 Å². The van der Waals surface area contributed by atoms with Crippen LogP contribution in [0.25, 0.3) is 0 Å². The number of ether oxygens (including phenoxy) is 1. The number of aliphatic carboxylic acids is 1. The average Bonchev–Trinajstić information content (AvgIpc) is 2.33. The van der Waals surface area contributed by atoms with Crippen LogP contribution < -0.4 is 10.1 Å². The molecule has 9 heteroatoms. The Morgan fingerprint density at radius 1 is 1.33 bits per heavy atom. The van der Waals surface area contributed by atoms with Crippen molar-refractivity contribution in [3.8, 4) is 5.75 Å². The lowest BCUT2D eigenvalue weighted by Crippen LogP contribution is -2.43. The van der Waals surface area contributed by atoms with Gasteiger partial charge in [0, 0.05) is 0 Å². The topological polar surface area (TPSA) is 75.6 Å². The van der Waals surface area contributed by atoms with Gasteiger partial charge in [0.05, 0.1) is 6.42 Å². The summed E-state index contributed by atoms with van der Waals surface area (Å²) in [5.41, 5.74) is 0.164. The molecule has 1 rings (SSSR count). The van der Waals surface area contributed by atoms with Crippen LogP contribution in [-0.2, 0) is 16.0 Å². The molecule has 1 amide bonds. The Kier molecular flexibility index (Phi) is 5.51. The minimum absolute atomic E-state index is 0.164. The van der Waals surface area contributed by atoms with Crippen molar-refractivity contribution in [2.45, 2.75) is 18.8 Å². The van der Waals surface area contributed by atoms with Gasteiger partial charge in [0.2, 0.25) is 5.91 Å². The molecule has 0 saturated heterocycles. The maximum absolute atomic E-state index is 12.3. The van der Waals surface area contributed by atoms with Crippen molar-refractivity contribution in [2.24, 2.45) is 0 Å². The Hall–Kier alpha value is -2.32. The summed E-state index contributed by atoms with van der Waals surface area (Å²) in [6, 6.07) is 2.95. The SMILES string of the molecule is O=C(Cc1cccc(OC(F)(F)F)c1)NC(CF)C(=O)O. The van der Waals surface area contributed by atoms with E-state index in [0.29, 0.717) is 0 Å². The first-order chi connectivity index (χ1) is 9.71. The second-order valence-electron chi connectivity index (χ2n) is 3.98. The fourth-order valence-corrected chi connectivity index (χ4v) is 1.45. The van der Waals surface area contributed by atoms with Crippen molar-refractivity contribution >= 4 is 11.9 Å². The van der Waals surface area contributed by atoms with E-state index >= 15 is 0 Å². The molecule has 0 saturated carbocycles. The summed E-state index contributed by atoms with van der Waals surface area (Å²) >= 11 is 0. The molecule has 1 atom stereocenters. The molecule has 0 aliphatic heterocycles. The Morgan fingerprint density at radius 2 is 2.00 bits per heavy atom. The summed E-state index contributed by atoms with van der Waals surface area (Å²) in [6.45, 7) is -1.29. The van der Waals surface area contributed by atoms with E-state index in [0.717, 1.165) is 12.1 Å². The fraction of sp³-hybridized carbons (Fsp3) is 0.333. The van der Waals surface area contributed by atoms with Gasteiger partial charge < -0.3 is 15.2 Å². The molecule has 1 aromatic carbocycles. The van der Waals surface area contributed by atoms with Gasteiger partial charge in [-0.25, -0.2) is 9.18 Å². The second kappa shape index (κ2) is 6.91. The number of halogens is 4. The molecule has 0 aromatic heterocycles. The number of rotatable bonds is 6. The fourth-order valence-electron chi connectivity index (χ4n) is 1.45. The van der Waals surface area contributed by atoms with Crippen LogP contribution in [-0.4, -0.2) is 36.1 Å². The zero-order valence-electron chi connectivity index (χ0n) is 10.5. The molecule has 1 aromatic rings. The number of alkyl halides is 4. The molecular formula is C12H11F4NO4. The maximum atomic E-state index is 12.3. The third-order valence-electron chi connectivity index (χ3n) is 2.28. The first-order valence-electron chi connectivity index (χ1n) is 5.64. The van der Waals surface area contributed by atoms with Crippen molar-refractivity contribution in [1.29, 1.82) is 0 Å². The van der Waals surface area contributed by atoms with Gasteiger partial charge in [-0.3, -0.25) is 4.79 Å². The van der Waals surface area contributed by atoms with Crippen molar-refractivity contribution < 1.29 is 37.0 Å². The van der Waals surface area contributed by atoms with E-state index in [1.54, 1.807) is 0 Å². The van der Waals surface area contributed by atoms with Gasteiger partial charge in [-0.05, 0) is 17.7 Å². The highest BCUT2D eigenvalue weighted by atomic mass is 19.4. The van der Waals surface area contributed by atoms with Crippen LogP contribution in [0.3, 0.4) is 0 Å². The monoisotopic (exact) mass is 309 g/mol. The predicted molar refractivity (Wildman–Crippen MR) is 62.4 cm³/mol. The highest BCUT2D eigenvalue weighted by molar-refractivity contribution is 5.84. The van der Waals surface area contributed by atoms with Gasteiger partial charge in [0.25, 0.3) is 0 Å². The molecule has 116 valence electrons. The summed E-state index contributed by atoms with van der Waals surface area (Å²) in [7, 11) is 0. The Morgan fingerprint density at radius 3 is 2.52 bits per heavy atom. The molecule has 1 unspecified atom stereocenters. The quantitative estimate of drug-likeness (QED) is 0.784. The van der Waals surface area contributed by atoms with Crippen LogP contribution in [0, 0.1) is 0 Å². The van der Waals surface area contributed by atoms with Crippen LogP contribution in [0.1, 0.15) is 5.56 Å². The van der Waals surface area contributed by atoms with Gasteiger partial charge in [-0.15, -0.1) is 13.2 Å². The molecule has 0 fully saturated rings. The number of carboxylic acids is 1. The normalized spacial score (nSPS) is 12.6. The second-order valence-corrected chi connectivity index (χ2v) is 3.98. The lowest BCUT2D eigenvalue weighted by molar-refractivity contribution is -0.274. The van der Waals surface area contributed by atoms with Crippen molar-refractivity contribution in [2.75, 3.05) is 6.67 Å². The van der Waals surface area contributed by atoms with Gasteiger partial charge in [0.1, 0.15) is 12.4 Å². The van der Waals surface area contributed by atoms with Crippen LogP contribution in [0.4, 0.5) is 17.6 Å². The number of carbonyl (C=O) groups excluding carboxylic acids is 1. The number of benzene rings is 1. The van der Waals surface area contributed by atoms with E-state index in [-0.39, 0.29) is 5.56 Å². The van der Waals surface area contributed by atoms with Crippen molar-refractivity contribution in [3.63, 3.8) is 0 Å². The summed E-state index contributed by atoms with van der Waals surface area (Å²) in [4.78, 5) is 22.0. The third-order valence-corrected chi connectivity index (χ3v) is 2.28. The summed E-state index contributed by atoms with van der Waals surface area (Å²) in [5, 5.41) is 10.5. The van der Waals surface area contributed by atoms with E-state index in [1.807, 2.05) is 5.32 Å². The molecule has 5 nitrogen and oxygen atoms in total. The number of carboxylic acid groups (broad SMARTS) is 1. The Balaban J connectivity index is 2.68. The average molecular weight is 309 g/mol. The highest BCUT2D eigenvalue weighted by Gasteiger charge is 2.31. The molecule has 2 N–H and O–H groups in total. The number of carbonyl (C=O) groups is 2. The van der Waals surface area contributed by atoms with Crippen LogP contribution in [0.5, 0.6) is 5.75 Å². The van der Waals surface area contributed by atoms with Gasteiger partial charge in [-0.2, -0.15) is 0 Å². The maximum Gasteiger partial charge on any atom is 0.573 e. The van der Waals surface area contributed by atoms with Crippen LogP contribution in [0.15, 0.2) is 24.3 Å². The van der Waals surface area contributed by atoms with Gasteiger partial charge in [-0.1, -0.05) is 12.1 Å². The molecule has 0 aliphatic rings. The van der Waals surface area contributed by atoms with E-state index < -0.39 is 43.1 Å². The third kappa shape index (κ3) is 6.11. The molecule has 0 bridgehead atoms. The lowest BCUT2D eigenvalue weighted by Gasteiger charge is -2.12. The first kappa shape index (κ1) is 16.7. The number of hydrogen-bond donors (Lipinski definition) is 2. The summed E-state index contributed by atoms with van der Waals surface area (Å²) < 4.78 is 52.1. The van der Waals surface area contributed by atoms with Crippen molar-refractivity contribution in [1.82, 2.24) is 5.32 Å². The molecule has 0 aliphatic carbocycles. The predicted octanol–water partition coefficient (Wildman–Crippen LogP) is 1.67. The Labute approximate surface area is 116 Å². The number of hydrogen-bond acceptors (Lipinski definition) is 3. The van der Waals surface area contributed by atoms with E-state index in [9.17, 15) is 27.2 Å². The molecule has 21 heavy (non-hydrogen) atoms. The zero-order chi connectivity index (χ0) is 16.0. The Bertz CT molecular complexity index is 518. The molecule has 0 spiro atoms. The lowest BCUT2D eigenvalue weighted by atomic mass is 10.1. The van der Waals surface area contributed by atoms with Crippen molar-refractivity contribution in [3.05, 3.63) is 29.8 Å². The smallest absolute Gasteiger partial charge is 0.480 e. The number of nitrogens with one attached hydrogen (secondary N) is 1. The largest absolute Gasteiger partial charge is 0.573 e. The van der Waals surface area contributed by atoms with Gasteiger partial charge >= 0.3 is 12.3 Å². The zero-order valence-corrected chi connectivity index (χ0v) is 10.5. The summed E-state index contributed by atoms with van der Waals surface area (Å²) in [6.07, 6.45) is -5.26. The minimum atomic E-state index is -4.86. The van der Waals surface area contributed by atoms with E-state index in [1.165, 1.54) is 12.1 Å². The van der Waals surface area contributed by atoms with E-state index in [4.69, 9.17) is 5.11 Å². The highest BCUT2D eigenvalue weighted by Crippen LogP contribution is 2.23. The minimum Gasteiger partial charge on any atom is -0.480 e. The van der Waals surface area contributed by atoms with Crippen LogP contribution >= 0.6 is 0 Å². The first-order valence-corrected chi connectivity index (χ1v) is 5.64.